The van der Waals surface area contributed by atoms with Crippen LogP contribution in [-0.4, -0.2) is 11.6 Å². The van der Waals surface area contributed by atoms with Crippen molar-refractivity contribution in [3.8, 4) is 0 Å². The van der Waals surface area contributed by atoms with Gasteiger partial charge in [-0.1, -0.05) is 19.1 Å². The maximum atomic E-state index is 12.2. The zero-order chi connectivity index (χ0) is 10.6. The molecule has 0 aliphatic rings. The van der Waals surface area contributed by atoms with Crippen molar-refractivity contribution in [2.24, 2.45) is 5.92 Å². The molecular formula is C10H12FNO2. The number of non-ortho nitro benzene ring substituents is 1. The van der Waals surface area contributed by atoms with E-state index in [1.807, 2.05) is 0 Å². The minimum absolute atomic E-state index is 0.0311. The van der Waals surface area contributed by atoms with Crippen LogP contribution in [0.3, 0.4) is 0 Å². The molecule has 0 bridgehead atoms. The van der Waals surface area contributed by atoms with Crippen LogP contribution >= 0.6 is 0 Å². The van der Waals surface area contributed by atoms with Gasteiger partial charge in [-0.15, -0.1) is 0 Å². The standard InChI is InChI=1S/C10H12FNO2/c1-8(7-11)6-9-2-4-10(5-3-9)12(13)14/h2-5,8H,6-7H2,1H3. The Hall–Kier alpha value is -1.45. The lowest BCUT2D eigenvalue weighted by Gasteiger charge is -2.05. The maximum Gasteiger partial charge on any atom is 0.269 e. The Morgan fingerprint density at radius 1 is 1.43 bits per heavy atom. The fraction of sp³-hybridized carbons (Fsp3) is 0.400. The average Bonchev–Trinajstić information content (AvgIpc) is 2.18. The van der Waals surface area contributed by atoms with E-state index in [1.54, 1.807) is 19.1 Å². The molecule has 0 heterocycles. The van der Waals surface area contributed by atoms with E-state index in [1.165, 1.54) is 12.1 Å². The van der Waals surface area contributed by atoms with Crippen molar-refractivity contribution in [1.29, 1.82) is 0 Å². The number of alkyl halides is 1. The van der Waals surface area contributed by atoms with Gasteiger partial charge in [-0.05, 0) is 17.9 Å². The second-order valence-electron chi connectivity index (χ2n) is 3.39. The summed E-state index contributed by atoms with van der Waals surface area (Å²) in [5.74, 6) is -0.0311. The SMILES string of the molecule is CC(CF)Cc1ccc([N+](=O)[O-])cc1. The molecule has 4 heteroatoms. The zero-order valence-electron chi connectivity index (χ0n) is 7.94. The molecule has 1 aromatic carbocycles. The Bertz CT molecular complexity index is 310. The first-order valence-corrected chi connectivity index (χ1v) is 4.42. The molecule has 0 radical (unpaired) electrons. The van der Waals surface area contributed by atoms with Gasteiger partial charge in [0.05, 0.1) is 11.6 Å². The van der Waals surface area contributed by atoms with E-state index < -0.39 is 4.92 Å². The number of nitro groups is 1. The number of hydrogen-bond donors (Lipinski definition) is 0. The van der Waals surface area contributed by atoms with Gasteiger partial charge in [0.1, 0.15) is 0 Å². The van der Waals surface area contributed by atoms with Crippen LogP contribution in [0.15, 0.2) is 24.3 Å². The smallest absolute Gasteiger partial charge is 0.258 e. The Labute approximate surface area is 81.7 Å². The highest BCUT2D eigenvalue weighted by Gasteiger charge is 2.06. The largest absolute Gasteiger partial charge is 0.269 e. The van der Waals surface area contributed by atoms with Crippen molar-refractivity contribution in [3.63, 3.8) is 0 Å². The van der Waals surface area contributed by atoms with Crippen LogP contribution in [0.2, 0.25) is 0 Å². The van der Waals surface area contributed by atoms with Crippen LogP contribution in [0.1, 0.15) is 12.5 Å². The lowest BCUT2D eigenvalue weighted by molar-refractivity contribution is -0.384. The van der Waals surface area contributed by atoms with E-state index in [0.717, 1.165) is 5.56 Å². The summed E-state index contributed by atoms with van der Waals surface area (Å²) in [4.78, 5) is 9.89. The normalized spacial score (nSPS) is 12.4. The van der Waals surface area contributed by atoms with Gasteiger partial charge >= 0.3 is 0 Å². The highest BCUT2D eigenvalue weighted by Crippen LogP contribution is 2.14. The summed E-state index contributed by atoms with van der Waals surface area (Å²) < 4.78 is 12.2. The number of hydrogen-bond acceptors (Lipinski definition) is 2. The molecule has 0 fully saturated rings. The molecule has 0 saturated carbocycles. The summed E-state index contributed by atoms with van der Waals surface area (Å²) in [6.07, 6.45) is 0.620. The first-order valence-electron chi connectivity index (χ1n) is 4.42. The molecule has 0 spiro atoms. The Morgan fingerprint density at radius 2 is 2.00 bits per heavy atom. The summed E-state index contributed by atoms with van der Waals surface area (Å²) in [6, 6.07) is 6.23. The van der Waals surface area contributed by atoms with E-state index in [2.05, 4.69) is 0 Å². The van der Waals surface area contributed by atoms with Gasteiger partial charge in [-0.25, -0.2) is 0 Å². The van der Waals surface area contributed by atoms with Gasteiger partial charge in [0, 0.05) is 12.1 Å². The summed E-state index contributed by atoms with van der Waals surface area (Å²) in [5, 5.41) is 10.3. The van der Waals surface area contributed by atoms with E-state index in [0.29, 0.717) is 6.42 Å². The first-order chi connectivity index (χ1) is 6.63. The van der Waals surface area contributed by atoms with Crippen molar-refractivity contribution >= 4 is 5.69 Å². The third-order valence-electron chi connectivity index (χ3n) is 1.99. The first kappa shape index (κ1) is 10.6. The van der Waals surface area contributed by atoms with Gasteiger partial charge in [-0.3, -0.25) is 14.5 Å². The number of nitrogens with zero attached hydrogens (tertiary/aromatic N) is 1. The van der Waals surface area contributed by atoms with Crippen LogP contribution < -0.4 is 0 Å². The summed E-state index contributed by atoms with van der Waals surface area (Å²) in [6.45, 7) is 1.44. The van der Waals surface area contributed by atoms with Crippen LogP contribution in [0.25, 0.3) is 0 Å². The summed E-state index contributed by atoms with van der Waals surface area (Å²) in [7, 11) is 0. The molecule has 1 aromatic rings. The van der Waals surface area contributed by atoms with E-state index >= 15 is 0 Å². The predicted octanol–water partition coefficient (Wildman–Crippen LogP) is 2.74. The van der Waals surface area contributed by atoms with Crippen LogP contribution in [0.5, 0.6) is 0 Å². The fourth-order valence-corrected chi connectivity index (χ4v) is 1.21. The number of halogens is 1. The number of benzene rings is 1. The second-order valence-corrected chi connectivity index (χ2v) is 3.39. The average molecular weight is 197 g/mol. The number of rotatable bonds is 4. The van der Waals surface area contributed by atoms with E-state index in [4.69, 9.17) is 0 Å². The van der Waals surface area contributed by atoms with Crippen LogP contribution in [0.4, 0.5) is 10.1 Å². The van der Waals surface area contributed by atoms with Gasteiger partial charge in [0.15, 0.2) is 0 Å². The molecule has 0 aliphatic carbocycles. The number of nitro benzene ring substituents is 1. The van der Waals surface area contributed by atoms with Crippen molar-refractivity contribution in [1.82, 2.24) is 0 Å². The third kappa shape index (κ3) is 2.80. The summed E-state index contributed by atoms with van der Waals surface area (Å²) in [5.41, 5.74) is 1.00. The molecule has 0 amide bonds. The van der Waals surface area contributed by atoms with Crippen LogP contribution in [0, 0.1) is 16.0 Å². The molecule has 14 heavy (non-hydrogen) atoms. The van der Waals surface area contributed by atoms with Crippen LogP contribution in [-0.2, 0) is 6.42 Å². The van der Waals surface area contributed by atoms with Crippen molar-refractivity contribution in [2.45, 2.75) is 13.3 Å². The monoisotopic (exact) mass is 197 g/mol. The lowest BCUT2D eigenvalue weighted by Crippen LogP contribution is -2.01. The van der Waals surface area contributed by atoms with Gasteiger partial charge < -0.3 is 0 Å². The minimum atomic E-state index is -0.442. The Morgan fingerprint density at radius 3 is 2.43 bits per heavy atom. The highest BCUT2D eigenvalue weighted by atomic mass is 19.1. The third-order valence-corrected chi connectivity index (χ3v) is 1.99. The minimum Gasteiger partial charge on any atom is -0.258 e. The zero-order valence-corrected chi connectivity index (χ0v) is 7.94. The Kier molecular flexibility index (Phi) is 3.56. The maximum absolute atomic E-state index is 12.2. The molecule has 0 N–H and O–H groups in total. The van der Waals surface area contributed by atoms with Crippen molar-refractivity contribution in [2.75, 3.05) is 6.67 Å². The molecule has 0 aliphatic heterocycles. The van der Waals surface area contributed by atoms with Gasteiger partial charge in [0.25, 0.3) is 5.69 Å². The molecule has 1 rings (SSSR count). The predicted molar refractivity (Wildman–Crippen MR) is 51.9 cm³/mol. The molecule has 1 atom stereocenters. The Balaban J connectivity index is 2.68. The second kappa shape index (κ2) is 4.69. The quantitative estimate of drug-likeness (QED) is 0.550. The molecule has 76 valence electrons. The van der Waals surface area contributed by atoms with Gasteiger partial charge in [0.2, 0.25) is 0 Å². The van der Waals surface area contributed by atoms with Crippen molar-refractivity contribution in [3.05, 3.63) is 39.9 Å². The summed E-state index contributed by atoms with van der Waals surface area (Å²) >= 11 is 0. The van der Waals surface area contributed by atoms with Gasteiger partial charge in [-0.2, -0.15) is 0 Å². The lowest BCUT2D eigenvalue weighted by atomic mass is 10.0. The van der Waals surface area contributed by atoms with E-state index in [9.17, 15) is 14.5 Å². The topological polar surface area (TPSA) is 43.1 Å². The van der Waals surface area contributed by atoms with Crippen molar-refractivity contribution < 1.29 is 9.31 Å². The molecule has 0 aromatic heterocycles. The van der Waals surface area contributed by atoms with E-state index in [-0.39, 0.29) is 18.3 Å². The molecule has 3 nitrogen and oxygen atoms in total. The molecular weight excluding hydrogens is 185 g/mol. The fourth-order valence-electron chi connectivity index (χ4n) is 1.21. The highest BCUT2D eigenvalue weighted by molar-refractivity contribution is 5.32. The molecule has 0 saturated heterocycles. The molecule has 1 unspecified atom stereocenters.